The lowest BCUT2D eigenvalue weighted by atomic mass is 10.2. The molecule has 0 aliphatic heterocycles. The fourth-order valence-corrected chi connectivity index (χ4v) is 11.2. The summed E-state index contributed by atoms with van der Waals surface area (Å²) in [5.74, 6) is 2.78. The van der Waals surface area contributed by atoms with Crippen molar-refractivity contribution >= 4 is 86.4 Å². The van der Waals surface area contributed by atoms with Gasteiger partial charge in [0, 0.05) is 26.4 Å². The van der Waals surface area contributed by atoms with Crippen molar-refractivity contribution in [3.8, 4) is 23.0 Å². The summed E-state index contributed by atoms with van der Waals surface area (Å²) >= 11 is 17.4. The van der Waals surface area contributed by atoms with Crippen molar-refractivity contribution in [3.63, 3.8) is 0 Å². The van der Waals surface area contributed by atoms with Gasteiger partial charge in [0.15, 0.2) is 23.0 Å². The van der Waals surface area contributed by atoms with E-state index in [9.17, 15) is 0 Å². The molecule has 18 heteroatoms. The van der Waals surface area contributed by atoms with Gasteiger partial charge in [0.2, 0.25) is 0 Å². The molecule has 2 rings (SSSR count). The summed E-state index contributed by atoms with van der Waals surface area (Å²) in [5, 5.41) is 0. The molecule has 0 aliphatic rings. The number of rotatable bonds is 44. The highest BCUT2D eigenvalue weighted by molar-refractivity contribution is 9.12. The summed E-state index contributed by atoms with van der Waals surface area (Å²) in [7, 11) is 0. The lowest BCUT2D eigenvalue weighted by Crippen LogP contribution is -2.28. The molecule has 2 aromatic rings. The molecule has 66 heavy (non-hydrogen) atoms. The van der Waals surface area contributed by atoms with Crippen molar-refractivity contribution in [2.24, 2.45) is 0 Å². The minimum atomic E-state index is -0.0207. The molecule has 0 bridgehead atoms. The largest absolute Gasteiger partial charge is 0.485 e. The number of thiophene rings is 2. The molecular weight excluding hydrogens is 1150 g/mol. The molecule has 0 N–H and O–H groups in total. The van der Waals surface area contributed by atoms with Crippen molar-refractivity contribution in [2.75, 3.05) is 106 Å². The van der Waals surface area contributed by atoms with Crippen LogP contribution in [0.2, 0.25) is 0 Å². The summed E-state index contributed by atoms with van der Waals surface area (Å²) < 4.78 is 73.9. The predicted octanol–water partition coefficient (Wildman–Crippen LogP) is 14.5. The van der Waals surface area contributed by atoms with Gasteiger partial charge in [-0.1, -0.05) is 81.1 Å². The Morgan fingerprint density at radius 1 is 0.318 bits per heavy atom. The lowest BCUT2D eigenvalue weighted by molar-refractivity contribution is -0.0598. The minimum absolute atomic E-state index is 0.0207. The van der Waals surface area contributed by atoms with Crippen molar-refractivity contribution in [2.45, 2.75) is 157 Å². The average Bonchev–Trinajstić information content (AvgIpc) is 3.75. The van der Waals surface area contributed by atoms with Crippen LogP contribution in [-0.2, 0) is 37.9 Å². The summed E-state index contributed by atoms with van der Waals surface area (Å²) in [4.78, 5) is 0. The van der Waals surface area contributed by atoms with Gasteiger partial charge in [-0.05, 0) is 115 Å². The van der Waals surface area contributed by atoms with Crippen molar-refractivity contribution in [1.82, 2.24) is 0 Å². The topological polar surface area (TPSA) is 111 Å². The maximum absolute atomic E-state index is 6.22. The second-order valence-electron chi connectivity index (χ2n) is 15.3. The SMILES string of the molecule is CCCCOC(CC)COC(CC)COc1c(Br)sc(Br)c1OCC(CC)OCC(CC)OCCCC.CCCCOCCOCCOc1c(Br)sc(Br)c1OCCOCCOCCCC. The van der Waals surface area contributed by atoms with E-state index in [2.05, 4.69) is 119 Å². The highest BCUT2D eigenvalue weighted by atomic mass is 79.9. The Bertz CT molecular complexity index is 1310. The molecule has 0 amide bonds. The van der Waals surface area contributed by atoms with Gasteiger partial charge >= 0.3 is 0 Å². The third-order valence-corrected chi connectivity index (χ3v) is 14.7. The van der Waals surface area contributed by atoms with E-state index in [0.29, 0.717) is 102 Å². The average molecular weight is 1240 g/mol. The van der Waals surface area contributed by atoms with Gasteiger partial charge in [0.05, 0.1) is 77.3 Å². The highest BCUT2D eigenvalue weighted by Crippen LogP contribution is 2.50. The summed E-state index contributed by atoms with van der Waals surface area (Å²) in [6.45, 7) is 26.6. The molecule has 2 aromatic heterocycles. The van der Waals surface area contributed by atoms with Gasteiger partial charge in [-0.3, -0.25) is 0 Å². The number of hydrogen-bond acceptors (Lipinski definition) is 14. The van der Waals surface area contributed by atoms with Crippen LogP contribution in [-0.4, -0.2) is 130 Å². The van der Waals surface area contributed by atoms with Crippen LogP contribution in [0.3, 0.4) is 0 Å². The first-order chi connectivity index (χ1) is 32.1. The first-order valence-electron chi connectivity index (χ1n) is 24.4. The van der Waals surface area contributed by atoms with Gasteiger partial charge in [-0.2, -0.15) is 0 Å². The van der Waals surface area contributed by atoms with Gasteiger partial charge < -0.3 is 56.8 Å². The Kier molecular flexibility index (Phi) is 42.8. The van der Waals surface area contributed by atoms with E-state index >= 15 is 0 Å². The molecule has 0 aliphatic carbocycles. The Morgan fingerprint density at radius 3 is 0.909 bits per heavy atom. The van der Waals surface area contributed by atoms with E-state index in [1.54, 1.807) is 11.3 Å². The van der Waals surface area contributed by atoms with Crippen molar-refractivity contribution in [3.05, 3.63) is 15.1 Å². The monoisotopic (exact) mass is 1230 g/mol. The van der Waals surface area contributed by atoms with Crippen molar-refractivity contribution in [1.29, 1.82) is 0 Å². The van der Waals surface area contributed by atoms with Crippen LogP contribution < -0.4 is 18.9 Å². The summed E-state index contributed by atoms with van der Waals surface area (Å²) in [5.41, 5.74) is 0. The van der Waals surface area contributed by atoms with Gasteiger partial charge in [-0.15, -0.1) is 22.7 Å². The maximum atomic E-state index is 6.22. The Morgan fingerprint density at radius 2 is 0.591 bits per heavy atom. The Hall–Kier alpha value is 0.200. The molecule has 0 spiro atoms. The zero-order valence-electron chi connectivity index (χ0n) is 41.3. The molecular formula is C48H84Br4O12S2. The zero-order valence-corrected chi connectivity index (χ0v) is 49.3. The van der Waals surface area contributed by atoms with Crippen LogP contribution in [0.25, 0.3) is 0 Å². The van der Waals surface area contributed by atoms with E-state index < -0.39 is 0 Å². The van der Waals surface area contributed by atoms with E-state index in [1.807, 2.05) is 0 Å². The van der Waals surface area contributed by atoms with Crippen LogP contribution in [0.4, 0.5) is 0 Å². The van der Waals surface area contributed by atoms with Crippen molar-refractivity contribution < 1.29 is 56.8 Å². The number of ether oxygens (including phenoxy) is 12. The fourth-order valence-electron chi connectivity index (χ4n) is 5.49. The molecule has 0 saturated heterocycles. The quantitative estimate of drug-likeness (QED) is 0.0589. The van der Waals surface area contributed by atoms with Crippen LogP contribution in [0, 0.1) is 0 Å². The number of unbranched alkanes of at least 4 members (excludes halogenated alkanes) is 4. The number of halogens is 4. The van der Waals surface area contributed by atoms with E-state index in [-0.39, 0.29) is 24.4 Å². The molecule has 0 aromatic carbocycles. The van der Waals surface area contributed by atoms with Crippen LogP contribution in [0.1, 0.15) is 132 Å². The second kappa shape index (κ2) is 43.9. The molecule has 4 unspecified atom stereocenters. The van der Waals surface area contributed by atoms with Crippen LogP contribution >= 0.6 is 86.4 Å². The minimum Gasteiger partial charge on any atom is -0.485 e. The molecule has 2 heterocycles. The van der Waals surface area contributed by atoms with Gasteiger partial charge in [0.25, 0.3) is 0 Å². The third-order valence-electron chi connectivity index (χ3n) is 9.85. The lowest BCUT2D eigenvalue weighted by Gasteiger charge is -2.23. The number of hydrogen-bond donors (Lipinski definition) is 0. The molecule has 0 radical (unpaired) electrons. The molecule has 0 saturated carbocycles. The predicted molar refractivity (Wildman–Crippen MR) is 284 cm³/mol. The van der Waals surface area contributed by atoms with Gasteiger partial charge in [-0.25, -0.2) is 0 Å². The summed E-state index contributed by atoms with van der Waals surface area (Å²) in [6.07, 6.45) is 12.7. The zero-order chi connectivity index (χ0) is 48.6. The molecule has 4 atom stereocenters. The molecule has 388 valence electrons. The normalized spacial score (nSPS) is 13.3. The third kappa shape index (κ3) is 30.2. The fraction of sp³-hybridized carbons (Fsp3) is 0.833. The second-order valence-corrected chi connectivity index (χ2v) is 22.6. The van der Waals surface area contributed by atoms with Crippen LogP contribution in [0.5, 0.6) is 23.0 Å². The standard InChI is InChI=1S/C28H50Br2O6S.C20H34Br2O6S/c1-7-13-15-31-21(9-3)17-33-23(11-5)19-35-25-26(28(30)37-27(25)29)36-20-24(12-6)34-18-22(10-4)32-16-14-8-2;1-3-5-7-23-9-11-25-13-15-27-17-18(20(22)29-19(17)21)28-16-14-26-12-10-24-8-6-4-2/h21-24H,7-20H2,1-6H3;3-16H2,1-2H3. The maximum Gasteiger partial charge on any atom is 0.187 e. The van der Waals surface area contributed by atoms with Gasteiger partial charge in [0.1, 0.15) is 41.6 Å². The summed E-state index contributed by atoms with van der Waals surface area (Å²) in [6, 6.07) is 0. The van der Waals surface area contributed by atoms with E-state index in [0.717, 1.165) is 119 Å². The first kappa shape index (κ1) is 64.2. The Labute approximate surface area is 440 Å². The first-order valence-corrected chi connectivity index (χ1v) is 29.2. The van der Waals surface area contributed by atoms with E-state index in [4.69, 9.17) is 56.8 Å². The molecule has 0 fully saturated rings. The van der Waals surface area contributed by atoms with Crippen LogP contribution in [0.15, 0.2) is 15.1 Å². The highest BCUT2D eigenvalue weighted by Gasteiger charge is 2.23. The Balaban J connectivity index is 0.000000680. The smallest absolute Gasteiger partial charge is 0.187 e. The van der Waals surface area contributed by atoms with E-state index in [1.165, 1.54) is 11.3 Å². The molecule has 12 nitrogen and oxygen atoms in total.